The lowest BCUT2D eigenvalue weighted by Crippen LogP contribution is -2.39. The third kappa shape index (κ3) is 4.62. The van der Waals surface area contributed by atoms with E-state index in [0.717, 1.165) is 30.6 Å². The summed E-state index contributed by atoms with van der Waals surface area (Å²) in [5.41, 5.74) is 2.23. The molecule has 3 heterocycles. The lowest BCUT2D eigenvalue weighted by molar-refractivity contribution is -0.132. The highest BCUT2D eigenvalue weighted by Crippen LogP contribution is 2.29. The number of rotatable bonds is 5. The molecule has 0 spiro atoms. The second-order valence-corrected chi connectivity index (χ2v) is 7.41. The molecule has 1 saturated heterocycles. The van der Waals surface area contributed by atoms with Crippen molar-refractivity contribution in [2.24, 2.45) is 0 Å². The molecule has 1 atom stereocenters. The van der Waals surface area contributed by atoms with Crippen LogP contribution in [0.15, 0.2) is 54.9 Å². The number of amides is 1. The molecule has 0 unspecified atom stereocenters. The van der Waals surface area contributed by atoms with Gasteiger partial charge in [0.15, 0.2) is 0 Å². The lowest BCUT2D eigenvalue weighted by atomic mass is 9.96. The van der Waals surface area contributed by atoms with Crippen molar-refractivity contribution in [2.45, 2.75) is 32.1 Å². The van der Waals surface area contributed by atoms with E-state index in [4.69, 9.17) is 9.97 Å². The van der Waals surface area contributed by atoms with E-state index in [9.17, 15) is 9.18 Å². The number of aromatic nitrogens is 3. The van der Waals surface area contributed by atoms with Crippen molar-refractivity contribution in [3.63, 3.8) is 0 Å². The summed E-state index contributed by atoms with van der Waals surface area (Å²) in [6, 6.07) is 11.9. The van der Waals surface area contributed by atoms with Gasteiger partial charge >= 0.3 is 0 Å². The van der Waals surface area contributed by atoms with Crippen LogP contribution in [0.3, 0.4) is 0 Å². The number of pyridine rings is 1. The van der Waals surface area contributed by atoms with Crippen molar-refractivity contribution in [2.75, 3.05) is 18.4 Å². The van der Waals surface area contributed by atoms with E-state index < -0.39 is 0 Å². The Morgan fingerprint density at radius 3 is 2.90 bits per heavy atom. The van der Waals surface area contributed by atoms with Gasteiger partial charge in [-0.3, -0.25) is 9.78 Å². The van der Waals surface area contributed by atoms with Crippen molar-refractivity contribution in [3.8, 4) is 11.3 Å². The maximum Gasteiger partial charge on any atom is 0.222 e. The Labute approximate surface area is 175 Å². The number of carbonyl (C=O) groups is 1. The van der Waals surface area contributed by atoms with Gasteiger partial charge in [-0.05, 0) is 43.2 Å². The number of hydrogen-bond donors (Lipinski definition) is 1. The summed E-state index contributed by atoms with van der Waals surface area (Å²) in [5.74, 6) is 1.16. The van der Waals surface area contributed by atoms with Crippen LogP contribution in [0.2, 0.25) is 0 Å². The fourth-order valence-electron chi connectivity index (χ4n) is 3.73. The first-order valence-electron chi connectivity index (χ1n) is 10.2. The third-order valence-electron chi connectivity index (χ3n) is 5.24. The first kappa shape index (κ1) is 19.9. The van der Waals surface area contributed by atoms with Crippen LogP contribution < -0.4 is 5.32 Å². The van der Waals surface area contributed by atoms with E-state index >= 15 is 0 Å². The van der Waals surface area contributed by atoms with E-state index in [0.29, 0.717) is 30.3 Å². The Bertz CT molecular complexity index is 1030. The van der Waals surface area contributed by atoms with E-state index in [-0.39, 0.29) is 17.6 Å². The molecule has 1 N–H and O–H groups in total. The highest BCUT2D eigenvalue weighted by molar-refractivity contribution is 5.76. The van der Waals surface area contributed by atoms with Gasteiger partial charge in [-0.25, -0.2) is 14.4 Å². The van der Waals surface area contributed by atoms with E-state index in [1.54, 1.807) is 24.5 Å². The summed E-state index contributed by atoms with van der Waals surface area (Å²) >= 11 is 0. The van der Waals surface area contributed by atoms with Crippen molar-refractivity contribution < 1.29 is 9.18 Å². The molecule has 1 amide bonds. The smallest absolute Gasteiger partial charge is 0.222 e. The molecule has 7 heteroatoms. The Balaban J connectivity index is 1.69. The number of anilines is 2. The number of carbonyl (C=O) groups excluding carboxylic acids is 1. The first-order valence-corrected chi connectivity index (χ1v) is 10.2. The molecule has 4 rings (SSSR count). The molecule has 30 heavy (non-hydrogen) atoms. The van der Waals surface area contributed by atoms with Crippen LogP contribution >= 0.6 is 0 Å². The van der Waals surface area contributed by atoms with Crippen molar-refractivity contribution in [3.05, 3.63) is 66.5 Å². The van der Waals surface area contributed by atoms with E-state index in [1.807, 2.05) is 30.0 Å². The average molecular weight is 405 g/mol. The minimum Gasteiger partial charge on any atom is -0.342 e. The van der Waals surface area contributed by atoms with Crippen molar-refractivity contribution >= 4 is 17.4 Å². The Morgan fingerprint density at radius 2 is 2.13 bits per heavy atom. The van der Waals surface area contributed by atoms with Gasteiger partial charge in [-0.15, -0.1) is 0 Å². The summed E-state index contributed by atoms with van der Waals surface area (Å²) in [4.78, 5) is 27.8. The van der Waals surface area contributed by atoms with Gasteiger partial charge in [0.1, 0.15) is 17.5 Å². The van der Waals surface area contributed by atoms with Crippen LogP contribution in [0.4, 0.5) is 15.9 Å². The summed E-state index contributed by atoms with van der Waals surface area (Å²) in [7, 11) is 0. The second kappa shape index (κ2) is 8.98. The van der Waals surface area contributed by atoms with Gasteiger partial charge < -0.3 is 10.2 Å². The summed E-state index contributed by atoms with van der Waals surface area (Å²) < 4.78 is 13.6. The topological polar surface area (TPSA) is 71.0 Å². The lowest BCUT2D eigenvalue weighted by Gasteiger charge is -2.32. The van der Waals surface area contributed by atoms with Crippen molar-refractivity contribution in [1.82, 2.24) is 19.9 Å². The molecule has 1 aliphatic rings. The summed E-state index contributed by atoms with van der Waals surface area (Å²) in [6.45, 7) is 3.27. The molecular formula is C23H24FN5O. The minimum atomic E-state index is -0.317. The van der Waals surface area contributed by atoms with Gasteiger partial charge in [0, 0.05) is 55.1 Å². The zero-order valence-electron chi connectivity index (χ0n) is 16.9. The van der Waals surface area contributed by atoms with E-state index in [2.05, 4.69) is 10.3 Å². The molecule has 0 bridgehead atoms. The van der Waals surface area contributed by atoms with Gasteiger partial charge in [-0.2, -0.15) is 0 Å². The van der Waals surface area contributed by atoms with Crippen LogP contribution in [0.1, 0.15) is 37.9 Å². The number of likely N-dealkylation sites (tertiary alicyclic amines) is 1. The summed E-state index contributed by atoms with van der Waals surface area (Å²) in [5, 5.41) is 3.19. The molecule has 2 aromatic heterocycles. The Hall–Kier alpha value is -3.35. The SMILES string of the molecule is CCC(=O)N1CCC[C@H](c2nc(Nc3cccc(F)c3)cc(-c3cccnc3)n2)C1. The van der Waals surface area contributed by atoms with Gasteiger partial charge in [0.25, 0.3) is 0 Å². The maximum atomic E-state index is 13.6. The molecule has 3 aromatic rings. The van der Waals surface area contributed by atoms with Crippen LogP contribution in [0, 0.1) is 5.82 Å². The molecule has 0 saturated carbocycles. The monoisotopic (exact) mass is 405 g/mol. The highest BCUT2D eigenvalue weighted by Gasteiger charge is 2.26. The van der Waals surface area contributed by atoms with Crippen LogP contribution in [0.5, 0.6) is 0 Å². The van der Waals surface area contributed by atoms with Crippen LogP contribution in [-0.4, -0.2) is 38.8 Å². The van der Waals surface area contributed by atoms with Gasteiger partial charge in [-0.1, -0.05) is 13.0 Å². The molecule has 6 nitrogen and oxygen atoms in total. The standard InChI is InChI=1S/C23H24FN5O/c1-2-22(30)29-11-5-7-17(15-29)23-27-20(16-6-4-10-25-14-16)13-21(28-23)26-19-9-3-8-18(24)12-19/h3-4,6,8-10,12-14,17H,2,5,7,11,15H2,1H3,(H,26,27,28)/t17-/m0/s1. The van der Waals surface area contributed by atoms with Crippen LogP contribution in [-0.2, 0) is 4.79 Å². The van der Waals surface area contributed by atoms with Crippen molar-refractivity contribution in [1.29, 1.82) is 0 Å². The molecule has 0 aliphatic carbocycles. The molecule has 1 aromatic carbocycles. The minimum absolute atomic E-state index is 0.0546. The zero-order chi connectivity index (χ0) is 20.9. The Morgan fingerprint density at radius 1 is 1.23 bits per heavy atom. The normalized spacial score (nSPS) is 16.3. The molecule has 154 valence electrons. The Kier molecular flexibility index (Phi) is 5.97. The third-order valence-corrected chi connectivity index (χ3v) is 5.24. The predicted molar refractivity (Wildman–Crippen MR) is 114 cm³/mol. The molecule has 0 radical (unpaired) electrons. The molecule has 1 fully saturated rings. The number of nitrogens with zero attached hydrogens (tertiary/aromatic N) is 4. The highest BCUT2D eigenvalue weighted by atomic mass is 19.1. The quantitative estimate of drug-likeness (QED) is 0.675. The summed E-state index contributed by atoms with van der Waals surface area (Å²) in [6.07, 6.45) is 5.81. The van der Waals surface area contributed by atoms with Crippen LogP contribution in [0.25, 0.3) is 11.3 Å². The molecule has 1 aliphatic heterocycles. The number of halogens is 1. The van der Waals surface area contributed by atoms with Gasteiger partial charge in [0.05, 0.1) is 5.69 Å². The maximum absolute atomic E-state index is 13.6. The number of benzene rings is 1. The predicted octanol–water partition coefficient (Wildman–Crippen LogP) is 4.54. The molecular weight excluding hydrogens is 381 g/mol. The zero-order valence-corrected chi connectivity index (χ0v) is 16.9. The number of nitrogens with one attached hydrogen (secondary N) is 1. The number of piperidine rings is 1. The first-order chi connectivity index (χ1) is 14.6. The fraction of sp³-hybridized carbons (Fsp3) is 0.304. The van der Waals surface area contributed by atoms with E-state index in [1.165, 1.54) is 12.1 Å². The number of hydrogen-bond acceptors (Lipinski definition) is 5. The second-order valence-electron chi connectivity index (χ2n) is 7.41. The van der Waals surface area contributed by atoms with Gasteiger partial charge in [0.2, 0.25) is 5.91 Å². The average Bonchev–Trinajstić information content (AvgIpc) is 2.79. The largest absolute Gasteiger partial charge is 0.342 e. The fourth-order valence-corrected chi connectivity index (χ4v) is 3.73.